The molecule has 1 aromatic carbocycles. The SMILES string of the molecule is O=C(Nc1ccc(F)cc1Br)c1ncccc1O. The summed E-state index contributed by atoms with van der Waals surface area (Å²) in [6, 6.07) is 6.74. The van der Waals surface area contributed by atoms with Crippen LogP contribution in [-0.2, 0) is 0 Å². The Labute approximate surface area is 111 Å². The minimum atomic E-state index is -0.569. The van der Waals surface area contributed by atoms with Crippen LogP contribution in [0.1, 0.15) is 10.5 Å². The van der Waals surface area contributed by atoms with Gasteiger partial charge in [-0.25, -0.2) is 9.37 Å². The third kappa shape index (κ3) is 2.65. The lowest BCUT2D eigenvalue weighted by molar-refractivity contribution is 0.101. The molecular formula is C12H8BrFN2O2. The van der Waals surface area contributed by atoms with Crippen LogP contribution in [0.25, 0.3) is 0 Å². The summed E-state index contributed by atoms with van der Waals surface area (Å²) in [5, 5.41) is 12.0. The van der Waals surface area contributed by atoms with Crippen molar-refractivity contribution < 1.29 is 14.3 Å². The largest absolute Gasteiger partial charge is 0.505 e. The smallest absolute Gasteiger partial charge is 0.278 e. The van der Waals surface area contributed by atoms with Gasteiger partial charge in [0.25, 0.3) is 5.91 Å². The second kappa shape index (κ2) is 5.14. The molecule has 0 atom stereocenters. The molecular weight excluding hydrogens is 303 g/mol. The van der Waals surface area contributed by atoms with E-state index in [1.807, 2.05) is 0 Å². The molecule has 0 aliphatic carbocycles. The molecule has 2 N–H and O–H groups in total. The Bertz CT molecular complexity index is 604. The minimum absolute atomic E-state index is 0.0891. The summed E-state index contributed by atoms with van der Waals surface area (Å²) in [5.41, 5.74) is 0.306. The van der Waals surface area contributed by atoms with Crippen molar-refractivity contribution in [1.29, 1.82) is 0 Å². The summed E-state index contributed by atoms with van der Waals surface area (Å²) in [7, 11) is 0. The number of pyridine rings is 1. The van der Waals surface area contributed by atoms with Crippen molar-refractivity contribution in [2.24, 2.45) is 0 Å². The van der Waals surface area contributed by atoms with Gasteiger partial charge in [-0.05, 0) is 46.3 Å². The van der Waals surface area contributed by atoms with Gasteiger partial charge in [0, 0.05) is 10.7 Å². The monoisotopic (exact) mass is 310 g/mol. The van der Waals surface area contributed by atoms with E-state index in [9.17, 15) is 14.3 Å². The molecule has 0 bridgehead atoms. The summed E-state index contributed by atoms with van der Waals surface area (Å²) >= 11 is 3.13. The van der Waals surface area contributed by atoms with Crippen molar-refractivity contribution in [3.05, 3.63) is 52.5 Å². The Morgan fingerprint density at radius 1 is 1.39 bits per heavy atom. The molecule has 2 aromatic rings. The highest BCUT2D eigenvalue weighted by atomic mass is 79.9. The number of aromatic hydroxyl groups is 1. The van der Waals surface area contributed by atoms with Crippen LogP contribution in [0.15, 0.2) is 41.0 Å². The second-order valence-electron chi connectivity index (χ2n) is 3.45. The summed E-state index contributed by atoms with van der Waals surface area (Å²) < 4.78 is 13.3. The Morgan fingerprint density at radius 2 is 2.17 bits per heavy atom. The Hall–Kier alpha value is -1.95. The van der Waals surface area contributed by atoms with Gasteiger partial charge in [0.15, 0.2) is 5.69 Å². The zero-order valence-electron chi connectivity index (χ0n) is 9.02. The fraction of sp³-hybridized carbons (Fsp3) is 0. The number of hydrogen-bond acceptors (Lipinski definition) is 3. The second-order valence-corrected chi connectivity index (χ2v) is 4.30. The Kier molecular flexibility index (Phi) is 3.57. The van der Waals surface area contributed by atoms with Gasteiger partial charge >= 0.3 is 0 Å². The molecule has 0 saturated heterocycles. The molecule has 4 nitrogen and oxygen atoms in total. The average molecular weight is 311 g/mol. The van der Waals surface area contributed by atoms with Crippen LogP contribution in [0.3, 0.4) is 0 Å². The normalized spacial score (nSPS) is 10.1. The molecule has 92 valence electrons. The lowest BCUT2D eigenvalue weighted by Gasteiger charge is -2.07. The van der Waals surface area contributed by atoms with Crippen LogP contribution in [0.2, 0.25) is 0 Å². The number of carbonyl (C=O) groups excluding carboxylic acids is 1. The van der Waals surface area contributed by atoms with Crippen LogP contribution in [0, 0.1) is 5.82 Å². The standard InChI is InChI=1S/C12H8BrFN2O2/c13-8-6-7(14)3-4-9(8)16-12(18)11-10(17)2-1-5-15-11/h1-6,17H,(H,16,18). The van der Waals surface area contributed by atoms with Crippen LogP contribution in [0.5, 0.6) is 5.75 Å². The number of nitrogens with zero attached hydrogens (tertiary/aromatic N) is 1. The van der Waals surface area contributed by atoms with E-state index in [1.165, 1.54) is 36.5 Å². The topological polar surface area (TPSA) is 62.2 Å². The fourth-order valence-corrected chi connectivity index (χ4v) is 1.79. The molecule has 18 heavy (non-hydrogen) atoms. The van der Waals surface area contributed by atoms with Gasteiger partial charge < -0.3 is 10.4 Å². The number of nitrogens with one attached hydrogen (secondary N) is 1. The van der Waals surface area contributed by atoms with E-state index in [-0.39, 0.29) is 11.4 Å². The van der Waals surface area contributed by atoms with E-state index >= 15 is 0 Å². The van der Waals surface area contributed by atoms with E-state index in [0.29, 0.717) is 10.2 Å². The van der Waals surface area contributed by atoms with Crippen molar-refractivity contribution >= 4 is 27.5 Å². The van der Waals surface area contributed by atoms with Crippen molar-refractivity contribution in [2.75, 3.05) is 5.32 Å². The number of rotatable bonds is 2. The van der Waals surface area contributed by atoms with Gasteiger partial charge in [0.1, 0.15) is 11.6 Å². The third-order valence-corrected chi connectivity index (χ3v) is 2.84. The summed E-state index contributed by atoms with van der Waals surface area (Å²) in [5.74, 6) is -1.20. The number of halogens is 2. The number of hydrogen-bond donors (Lipinski definition) is 2. The van der Waals surface area contributed by atoms with Crippen LogP contribution in [0.4, 0.5) is 10.1 Å². The predicted molar refractivity (Wildman–Crippen MR) is 68.0 cm³/mol. The number of aromatic nitrogens is 1. The average Bonchev–Trinajstić information content (AvgIpc) is 2.33. The summed E-state index contributed by atoms with van der Waals surface area (Å²) in [6.45, 7) is 0. The van der Waals surface area contributed by atoms with E-state index in [4.69, 9.17) is 0 Å². The number of carbonyl (C=O) groups is 1. The Morgan fingerprint density at radius 3 is 2.83 bits per heavy atom. The molecule has 1 amide bonds. The molecule has 0 spiro atoms. The summed E-state index contributed by atoms with van der Waals surface area (Å²) in [4.78, 5) is 15.6. The fourth-order valence-electron chi connectivity index (χ4n) is 1.34. The first kappa shape index (κ1) is 12.5. The molecule has 6 heteroatoms. The zero-order valence-corrected chi connectivity index (χ0v) is 10.6. The van der Waals surface area contributed by atoms with E-state index < -0.39 is 11.7 Å². The summed E-state index contributed by atoms with van der Waals surface area (Å²) in [6.07, 6.45) is 1.40. The molecule has 1 aromatic heterocycles. The number of amides is 1. The van der Waals surface area contributed by atoms with Gasteiger partial charge in [-0.2, -0.15) is 0 Å². The molecule has 0 aliphatic heterocycles. The third-order valence-electron chi connectivity index (χ3n) is 2.18. The number of anilines is 1. The van der Waals surface area contributed by atoms with Gasteiger partial charge in [-0.1, -0.05) is 0 Å². The molecule has 0 aliphatic rings. The minimum Gasteiger partial charge on any atom is -0.505 e. The van der Waals surface area contributed by atoms with Gasteiger partial charge in [-0.3, -0.25) is 4.79 Å². The van der Waals surface area contributed by atoms with Crippen LogP contribution >= 0.6 is 15.9 Å². The maximum Gasteiger partial charge on any atom is 0.278 e. The first-order valence-corrected chi connectivity index (χ1v) is 5.77. The lowest BCUT2D eigenvalue weighted by atomic mass is 10.2. The van der Waals surface area contributed by atoms with Crippen molar-refractivity contribution in [2.45, 2.75) is 0 Å². The lowest BCUT2D eigenvalue weighted by Crippen LogP contribution is -2.14. The molecule has 0 radical (unpaired) electrons. The molecule has 0 saturated carbocycles. The van der Waals surface area contributed by atoms with E-state index in [1.54, 1.807) is 0 Å². The molecule has 1 heterocycles. The van der Waals surface area contributed by atoms with Crippen LogP contribution in [-0.4, -0.2) is 16.0 Å². The predicted octanol–water partition coefficient (Wildman–Crippen LogP) is 2.94. The Balaban J connectivity index is 2.24. The quantitative estimate of drug-likeness (QED) is 0.896. The van der Waals surface area contributed by atoms with Crippen molar-refractivity contribution in [1.82, 2.24) is 4.98 Å². The van der Waals surface area contributed by atoms with Gasteiger partial charge in [0.05, 0.1) is 5.69 Å². The van der Waals surface area contributed by atoms with E-state index in [2.05, 4.69) is 26.2 Å². The maximum absolute atomic E-state index is 12.9. The van der Waals surface area contributed by atoms with Crippen molar-refractivity contribution in [3.8, 4) is 5.75 Å². The zero-order chi connectivity index (χ0) is 13.1. The molecule has 0 unspecified atom stereocenters. The van der Waals surface area contributed by atoms with Crippen LogP contribution < -0.4 is 5.32 Å². The first-order chi connectivity index (χ1) is 8.58. The highest BCUT2D eigenvalue weighted by molar-refractivity contribution is 9.10. The van der Waals surface area contributed by atoms with Gasteiger partial charge in [0.2, 0.25) is 0 Å². The highest BCUT2D eigenvalue weighted by Crippen LogP contribution is 2.24. The van der Waals surface area contributed by atoms with Gasteiger partial charge in [-0.15, -0.1) is 0 Å². The first-order valence-electron chi connectivity index (χ1n) is 4.98. The highest BCUT2D eigenvalue weighted by Gasteiger charge is 2.13. The molecule has 0 fully saturated rings. The molecule has 2 rings (SSSR count). The maximum atomic E-state index is 12.9. The van der Waals surface area contributed by atoms with E-state index in [0.717, 1.165) is 0 Å². The van der Waals surface area contributed by atoms with Crippen molar-refractivity contribution in [3.63, 3.8) is 0 Å². The number of benzene rings is 1.